The van der Waals surface area contributed by atoms with Gasteiger partial charge in [0.1, 0.15) is 0 Å². The molecule has 0 aliphatic heterocycles. The fourth-order valence-electron chi connectivity index (χ4n) is 0.295. The maximum Gasteiger partial charge on any atom is 0.330 e. The van der Waals surface area contributed by atoms with Gasteiger partial charge in [-0.1, -0.05) is 5.57 Å². The maximum absolute atomic E-state index is 10.3. The molecule has 0 bridgehead atoms. The summed E-state index contributed by atoms with van der Waals surface area (Å²) in [4.78, 5) is 10.3. The van der Waals surface area contributed by atoms with Crippen LogP contribution in [0.3, 0.4) is 0 Å². The minimum atomic E-state index is -0.287. The average Bonchev–Trinajstić information content (AvgIpc) is 1.65. The van der Waals surface area contributed by atoms with E-state index in [1.54, 1.807) is 0 Å². The fourth-order valence-corrected chi connectivity index (χ4v) is 0.295. The van der Waals surface area contributed by atoms with Gasteiger partial charge < -0.3 is 4.74 Å². The van der Waals surface area contributed by atoms with E-state index in [-0.39, 0.29) is 23.3 Å². The SMILES string of the molecule is COC(=O)C=C(C)C.[AlH3]. The van der Waals surface area contributed by atoms with E-state index in [9.17, 15) is 4.79 Å². The predicted octanol–water partition coefficient (Wildman–Crippen LogP) is -0.0583. The zero-order valence-corrected chi connectivity index (χ0v) is 5.39. The molecule has 0 fully saturated rings. The Hall–Kier alpha value is -0.258. The Morgan fingerprint density at radius 1 is 1.44 bits per heavy atom. The van der Waals surface area contributed by atoms with Crippen molar-refractivity contribution in [2.75, 3.05) is 7.11 Å². The molecule has 0 unspecified atom stereocenters. The third-order valence-corrected chi connectivity index (χ3v) is 0.608. The summed E-state index contributed by atoms with van der Waals surface area (Å²) in [6.45, 7) is 3.69. The average molecular weight is 144 g/mol. The van der Waals surface area contributed by atoms with Crippen LogP contribution < -0.4 is 0 Å². The van der Waals surface area contributed by atoms with Crippen molar-refractivity contribution in [3.63, 3.8) is 0 Å². The Labute approximate surface area is 66.0 Å². The lowest BCUT2D eigenvalue weighted by atomic mass is 10.3. The van der Waals surface area contributed by atoms with Crippen LogP contribution in [0.15, 0.2) is 11.6 Å². The van der Waals surface area contributed by atoms with Crippen LogP contribution in [0.5, 0.6) is 0 Å². The first-order valence-corrected chi connectivity index (χ1v) is 2.39. The molecule has 0 radical (unpaired) electrons. The van der Waals surface area contributed by atoms with Crippen LogP contribution in [0.25, 0.3) is 0 Å². The van der Waals surface area contributed by atoms with Crippen LogP contribution in [-0.2, 0) is 9.53 Å². The highest BCUT2D eigenvalue weighted by Crippen LogP contribution is 1.88. The van der Waals surface area contributed by atoms with Crippen molar-refractivity contribution < 1.29 is 9.53 Å². The van der Waals surface area contributed by atoms with Gasteiger partial charge in [0, 0.05) is 6.08 Å². The van der Waals surface area contributed by atoms with E-state index in [1.807, 2.05) is 13.8 Å². The van der Waals surface area contributed by atoms with E-state index < -0.39 is 0 Å². The molecule has 0 aliphatic rings. The number of methoxy groups -OCH3 is 1. The van der Waals surface area contributed by atoms with Crippen LogP contribution in [0.2, 0.25) is 0 Å². The summed E-state index contributed by atoms with van der Waals surface area (Å²) in [7, 11) is 1.36. The van der Waals surface area contributed by atoms with Gasteiger partial charge in [-0.25, -0.2) is 4.79 Å². The summed E-state index contributed by atoms with van der Waals surface area (Å²) in [5.74, 6) is -0.287. The number of allylic oxidation sites excluding steroid dienone is 1. The van der Waals surface area contributed by atoms with Crippen LogP contribution >= 0.6 is 0 Å². The lowest BCUT2D eigenvalue weighted by molar-refractivity contribution is -0.134. The molecular formula is C6H13AlO2. The highest BCUT2D eigenvalue weighted by Gasteiger charge is 1.89. The molecule has 0 spiro atoms. The quantitative estimate of drug-likeness (QED) is 0.293. The topological polar surface area (TPSA) is 26.3 Å². The molecule has 52 valence electrons. The smallest absolute Gasteiger partial charge is 0.330 e. The van der Waals surface area contributed by atoms with Gasteiger partial charge in [-0.15, -0.1) is 0 Å². The summed E-state index contributed by atoms with van der Waals surface area (Å²) >= 11 is 0. The molecule has 0 N–H and O–H groups in total. The molecule has 3 heteroatoms. The van der Waals surface area contributed by atoms with Crippen LogP contribution in [-0.4, -0.2) is 30.4 Å². The molecule has 0 saturated carbocycles. The number of carbonyl (C=O) groups is 1. The largest absolute Gasteiger partial charge is 0.466 e. The van der Waals surface area contributed by atoms with Crippen molar-refractivity contribution in [3.8, 4) is 0 Å². The Bertz CT molecular complexity index is 114. The summed E-state index contributed by atoms with van der Waals surface area (Å²) in [5.41, 5.74) is 0.955. The zero-order chi connectivity index (χ0) is 6.57. The Morgan fingerprint density at radius 3 is 2.00 bits per heavy atom. The van der Waals surface area contributed by atoms with Gasteiger partial charge >= 0.3 is 5.97 Å². The van der Waals surface area contributed by atoms with Crippen molar-refractivity contribution in [2.24, 2.45) is 0 Å². The normalized spacial score (nSPS) is 7.00. The number of ether oxygens (including phenoxy) is 1. The van der Waals surface area contributed by atoms with Gasteiger partial charge in [0.2, 0.25) is 0 Å². The molecule has 0 aromatic heterocycles. The molecule has 0 amide bonds. The third kappa shape index (κ3) is 7.74. The maximum atomic E-state index is 10.3. The highest BCUT2D eigenvalue weighted by atomic mass is 27.0. The summed E-state index contributed by atoms with van der Waals surface area (Å²) < 4.78 is 4.35. The van der Waals surface area contributed by atoms with Crippen molar-refractivity contribution in [2.45, 2.75) is 13.8 Å². The summed E-state index contributed by atoms with van der Waals surface area (Å²) in [6, 6.07) is 0. The highest BCUT2D eigenvalue weighted by molar-refractivity contribution is 5.82. The van der Waals surface area contributed by atoms with Gasteiger partial charge in [0.05, 0.1) is 7.11 Å². The minimum Gasteiger partial charge on any atom is -0.466 e. The van der Waals surface area contributed by atoms with Crippen LogP contribution in [0.4, 0.5) is 0 Å². The standard InChI is InChI=1S/C6H10O2.Al.3H/c1-5(2)4-6(7)8-3;;;;/h4H,1-3H3;;;;. The predicted molar refractivity (Wildman–Crippen MR) is 41.4 cm³/mol. The summed E-state index contributed by atoms with van der Waals surface area (Å²) in [5, 5.41) is 0. The van der Waals surface area contributed by atoms with E-state index in [1.165, 1.54) is 13.2 Å². The fraction of sp³-hybridized carbons (Fsp3) is 0.500. The van der Waals surface area contributed by atoms with Crippen molar-refractivity contribution in [1.29, 1.82) is 0 Å². The van der Waals surface area contributed by atoms with Crippen molar-refractivity contribution >= 4 is 23.3 Å². The Balaban J connectivity index is 0. The van der Waals surface area contributed by atoms with E-state index in [0.29, 0.717) is 0 Å². The van der Waals surface area contributed by atoms with Crippen molar-refractivity contribution in [1.82, 2.24) is 0 Å². The van der Waals surface area contributed by atoms with E-state index in [2.05, 4.69) is 4.74 Å². The molecule has 0 aliphatic carbocycles. The second-order valence-corrected chi connectivity index (χ2v) is 1.74. The van der Waals surface area contributed by atoms with Gasteiger partial charge in [0.25, 0.3) is 0 Å². The Kier molecular flexibility index (Phi) is 7.52. The van der Waals surface area contributed by atoms with Crippen molar-refractivity contribution in [3.05, 3.63) is 11.6 Å². The number of hydrogen-bond acceptors (Lipinski definition) is 2. The monoisotopic (exact) mass is 144 g/mol. The van der Waals surface area contributed by atoms with E-state index in [4.69, 9.17) is 0 Å². The first kappa shape index (κ1) is 11.5. The number of hydrogen-bond donors (Lipinski definition) is 0. The second-order valence-electron chi connectivity index (χ2n) is 1.74. The lowest BCUT2D eigenvalue weighted by Crippen LogP contribution is -1.94. The Morgan fingerprint density at radius 2 is 1.89 bits per heavy atom. The van der Waals surface area contributed by atoms with Gasteiger partial charge in [-0.3, -0.25) is 0 Å². The van der Waals surface area contributed by atoms with Gasteiger partial charge in [-0.05, 0) is 13.8 Å². The summed E-state index contributed by atoms with van der Waals surface area (Å²) in [6.07, 6.45) is 1.44. The van der Waals surface area contributed by atoms with Gasteiger partial charge in [-0.2, -0.15) is 0 Å². The second kappa shape index (κ2) is 5.87. The minimum absolute atomic E-state index is 0. The molecule has 0 heterocycles. The number of carbonyl (C=O) groups excluding carboxylic acids is 1. The molecule has 0 atom stereocenters. The van der Waals surface area contributed by atoms with Crippen LogP contribution in [0.1, 0.15) is 13.8 Å². The number of esters is 1. The zero-order valence-electron chi connectivity index (χ0n) is 5.39. The lowest BCUT2D eigenvalue weighted by Gasteiger charge is -1.89. The van der Waals surface area contributed by atoms with E-state index in [0.717, 1.165) is 5.57 Å². The molecular weight excluding hydrogens is 131 g/mol. The third-order valence-electron chi connectivity index (χ3n) is 0.608. The molecule has 2 nitrogen and oxygen atoms in total. The molecule has 0 rings (SSSR count). The first-order chi connectivity index (χ1) is 3.66. The van der Waals surface area contributed by atoms with Gasteiger partial charge in [0.15, 0.2) is 17.4 Å². The first-order valence-electron chi connectivity index (χ1n) is 2.39. The number of rotatable bonds is 1. The molecule has 0 aromatic carbocycles. The molecule has 0 saturated heterocycles. The van der Waals surface area contributed by atoms with E-state index >= 15 is 0 Å². The molecule has 0 aromatic rings. The molecule has 9 heavy (non-hydrogen) atoms. The van der Waals surface area contributed by atoms with Crippen LogP contribution in [0, 0.1) is 0 Å².